The third kappa shape index (κ3) is 4.27. The minimum Gasteiger partial charge on any atom is -0.486 e. The Morgan fingerprint density at radius 2 is 1.56 bits per heavy atom. The number of carbonyl (C=O) groups excluding carboxylic acids is 3. The molecule has 0 N–H and O–H groups in total. The third-order valence-corrected chi connectivity index (χ3v) is 5.16. The molecule has 9 heteroatoms. The number of anilines is 1. The van der Waals surface area contributed by atoms with E-state index in [1.807, 2.05) is 0 Å². The van der Waals surface area contributed by atoms with E-state index in [2.05, 4.69) is 0 Å². The Hall–Kier alpha value is -4.40. The first-order valence-corrected chi connectivity index (χ1v) is 10.2. The number of esters is 2. The van der Waals surface area contributed by atoms with Gasteiger partial charge in [-0.2, -0.15) is 0 Å². The Bertz CT molecular complexity index is 1240. The van der Waals surface area contributed by atoms with E-state index in [4.69, 9.17) is 18.9 Å². The van der Waals surface area contributed by atoms with Gasteiger partial charge >= 0.3 is 11.9 Å². The van der Waals surface area contributed by atoms with Crippen molar-refractivity contribution in [1.29, 1.82) is 0 Å². The van der Waals surface area contributed by atoms with E-state index < -0.39 is 23.5 Å². The lowest BCUT2D eigenvalue weighted by atomic mass is 9.99. The van der Waals surface area contributed by atoms with Gasteiger partial charge in [-0.15, -0.1) is 0 Å². The van der Waals surface area contributed by atoms with Gasteiger partial charge in [-0.05, 0) is 42.5 Å². The smallest absolute Gasteiger partial charge is 0.355 e. The Balaban J connectivity index is 1.96. The molecular formula is C25H20FNO7. The fourth-order valence-electron chi connectivity index (χ4n) is 3.57. The van der Waals surface area contributed by atoms with Crippen LogP contribution in [0.25, 0.3) is 0 Å². The van der Waals surface area contributed by atoms with E-state index in [9.17, 15) is 18.8 Å². The van der Waals surface area contributed by atoms with Crippen molar-refractivity contribution in [3.63, 3.8) is 0 Å². The number of hydrogen-bond acceptors (Lipinski definition) is 8. The Morgan fingerprint density at radius 1 is 0.912 bits per heavy atom. The molecule has 0 aromatic heterocycles. The molecule has 2 heterocycles. The summed E-state index contributed by atoms with van der Waals surface area (Å²) in [5.74, 6) is -1.85. The van der Waals surface area contributed by atoms with Gasteiger partial charge in [0, 0.05) is 17.8 Å². The number of ether oxygens (including phenoxy) is 4. The van der Waals surface area contributed by atoms with Crippen LogP contribution in [0.4, 0.5) is 10.1 Å². The maximum absolute atomic E-state index is 13.5. The molecule has 2 aliphatic heterocycles. The first kappa shape index (κ1) is 22.8. The normalized spacial score (nSPS) is 14.5. The van der Waals surface area contributed by atoms with Gasteiger partial charge in [0.25, 0.3) is 0 Å². The molecule has 2 aromatic rings. The second-order valence-corrected chi connectivity index (χ2v) is 7.17. The first-order valence-electron chi connectivity index (χ1n) is 10.2. The van der Waals surface area contributed by atoms with E-state index in [-0.39, 0.29) is 28.1 Å². The van der Waals surface area contributed by atoms with Gasteiger partial charge < -0.3 is 23.8 Å². The van der Waals surface area contributed by atoms with Crippen molar-refractivity contribution in [3.05, 3.63) is 89.0 Å². The molecular weight excluding hydrogens is 445 g/mol. The fraction of sp³-hybridized carbons (Fsp3) is 0.160. The number of allylic oxidation sites excluding steroid dienone is 2. The topological polar surface area (TPSA) is 91.4 Å². The predicted molar refractivity (Wildman–Crippen MR) is 119 cm³/mol. The number of fused-ring (bicyclic) bond motifs is 1. The Labute approximate surface area is 194 Å². The van der Waals surface area contributed by atoms with Gasteiger partial charge in [0.15, 0.2) is 17.3 Å². The molecule has 0 saturated carbocycles. The summed E-state index contributed by atoms with van der Waals surface area (Å²) in [7, 11) is 2.36. The molecule has 0 spiro atoms. The van der Waals surface area contributed by atoms with E-state index in [0.717, 1.165) is 0 Å². The van der Waals surface area contributed by atoms with Crippen LogP contribution in [0.15, 0.2) is 72.1 Å². The molecule has 8 nitrogen and oxygen atoms in total. The summed E-state index contributed by atoms with van der Waals surface area (Å²) in [5, 5.41) is 0. The standard InChI is InChI=1S/C25H20FNO7/c1-31-24(29)17-5-3-4-10-27(22(17)25(30)32-2)19-14-21-20(33-11-12-34-21)13-18(19)23(28)15-6-8-16(26)9-7-15/h3-10,13-14H,11-12H2,1-2H3. The summed E-state index contributed by atoms with van der Waals surface area (Å²) in [4.78, 5) is 40.2. The lowest BCUT2D eigenvalue weighted by Gasteiger charge is -2.27. The van der Waals surface area contributed by atoms with Gasteiger partial charge in [0.1, 0.15) is 24.7 Å². The number of methoxy groups -OCH3 is 2. The molecule has 0 saturated heterocycles. The van der Waals surface area contributed by atoms with Crippen LogP contribution >= 0.6 is 0 Å². The maximum atomic E-state index is 13.5. The summed E-state index contributed by atoms with van der Waals surface area (Å²) in [6.45, 7) is 0.589. The number of nitrogens with zero attached hydrogens (tertiary/aromatic N) is 1. The Morgan fingerprint density at radius 3 is 2.21 bits per heavy atom. The molecule has 2 aliphatic rings. The maximum Gasteiger partial charge on any atom is 0.355 e. The van der Waals surface area contributed by atoms with Gasteiger partial charge in [-0.3, -0.25) is 4.79 Å². The number of carbonyl (C=O) groups is 3. The van der Waals surface area contributed by atoms with Crippen LogP contribution in [0, 0.1) is 5.82 Å². The zero-order valence-corrected chi connectivity index (χ0v) is 18.4. The highest BCUT2D eigenvalue weighted by molar-refractivity contribution is 6.14. The molecule has 0 fully saturated rings. The van der Waals surface area contributed by atoms with E-state index in [1.165, 1.54) is 61.7 Å². The molecule has 0 atom stereocenters. The summed E-state index contributed by atoms with van der Waals surface area (Å²) in [6, 6.07) is 8.10. The molecule has 0 bridgehead atoms. The molecule has 0 radical (unpaired) electrons. The largest absolute Gasteiger partial charge is 0.486 e. The second-order valence-electron chi connectivity index (χ2n) is 7.17. The highest BCUT2D eigenvalue weighted by Gasteiger charge is 2.31. The van der Waals surface area contributed by atoms with Crippen LogP contribution in [-0.4, -0.2) is 45.2 Å². The molecule has 174 valence electrons. The first-order chi connectivity index (χ1) is 16.4. The fourth-order valence-corrected chi connectivity index (χ4v) is 3.57. The number of benzene rings is 2. The monoisotopic (exact) mass is 465 g/mol. The van der Waals surface area contributed by atoms with E-state index in [0.29, 0.717) is 24.7 Å². The van der Waals surface area contributed by atoms with Crippen molar-refractivity contribution in [1.82, 2.24) is 0 Å². The lowest BCUT2D eigenvalue weighted by molar-refractivity contribution is -0.139. The lowest BCUT2D eigenvalue weighted by Crippen LogP contribution is -2.28. The SMILES string of the molecule is COC(=O)C1=C(C(=O)OC)N(c2cc3c(cc2C(=O)c2ccc(F)cc2)OCCO3)C=CC=C1. The van der Waals surface area contributed by atoms with Crippen LogP contribution in [-0.2, 0) is 19.1 Å². The highest BCUT2D eigenvalue weighted by Crippen LogP contribution is 2.40. The van der Waals surface area contributed by atoms with Gasteiger partial charge in [0.2, 0.25) is 0 Å². The van der Waals surface area contributed by atoms with Gasteiger partial charge in [0.05, 0.1) is 31.0 Å². The van der Waals surface area contributed by atoms with Crippen molar-refractivity contribution in [2.24, 2.45) is 0 Å². The number of hydrogen-bond donors (Lipinski definition) is 0. The van der Waals surface area contributed by atoms with Crippen molar-refractivity contribution in [3.8, 4) is 11.5 Å². The zero-order valence-electron chi connectivity index (χ0n) is 18.4. The molecule has 0 aliphatic carbocycles. The summed E-state index contributed by atoms with van der Waals surface area (Å²) >= 11 is 0. The zero-order chi connectivity index (χ0) is 24.2. The second kappa shape index (κ2) is 9.62. The summed E-state index contributed by atoms with van der Waals surface area (Å²) in [6.07, 6.45) is 6.05. The Kier molecular flexibility index (Phi) is 6.44. The number of ketones is 1. The van der Waals surface area contributed by atoms with Crippen molar-refractivity contribution < 1.29 is 37.7 Å². The molecule has 4 rings (SSSR count). The molecule has 0 unspecified atom stereocenters. The van der Waals surface area contributed by atoms with Crippen LogP contribution in [0.1, 0.15) is 15.9 Å². The summed E-state index contributed by atoms with van der Waals surface area (Å²) < 4.78 is 34.6. The molecule has 34 heavy (non-hydrogen) atoms. The number of halogens is 1. The third-order valence-electron chi connectivity index (χ3n) is 5.16. The van der Waals surface area contributed by atoms with Crippen LogP contribution in [0.5, 0.6) is 11.5 Å². The van der Waals surface area contributed by atoms with E-state index >= 15 is 0 Å². The average molecular weight is 465 g/mol. The van der Waals surface area contributed by atoms with Crippen LogP contribution in [0.2, 0.25) is 0 Å². The van der Waals surface area contributed by atoms with E-state index in [1.54, 1.807) is 18.2 Å². The number of rotatable bonds is 5. The minimum absolute atomic E-state index is 0.0746. The predicted octanol–water partition coefficient (Wildman–Crippen LogP) is 3.32. The highest BCUT2D eigenvalue weighted by atomic mass is 19.1. The average Bonchev–Trinajstić information content (AvgIpc) is 3.10. The van der Waals surface area contributed by atoms with Crippen LogP contribution in [0.3, 0.4) is 0 Å². The molecule has 2 aromatic carbocycles. The van der Waals surface area contributed by atoms with Gasteiger partial charge in [-0.25, -0.2) is 14.0 Å². The van der Waals surface area contributed by atoms with Crippen molar-refractivity contribution >= 4 is 23.4 Å². The molecule has 0 amide bonds. The van der Waals surface area contributed by atoms with Crippen LogP contribution < -0.4 is 14.4 Å². The van der Waals surface area contributed by atoms with Gasteiger partial charge in [-0.1, -0.05) is 6.08 Å². The van der Waals surface area contributed by atoms with Crippen molar-refractivity contribution in [2.75, 3.05) is 32.3 Å². The minimum atomic E-state index is -0.827. The summed E-state index contributed by atoms with van der Waals surface area (Å²) in [5.41, 5.74) is 0.333. The van der Waals surface area contributed by atoms with Crippen molar-refractivity contribution in [2.45, 2.75) is 0 Å². The quantitative estimate of drug-likeness (QED) is 0.491.